The summed E-state index contributed by atoms with van der Waals surface area (Å²) in [5, 5.41) is 1.89. The molecule has 0 radical (unpaired) electrons. The number of ketones is 1. The smallest absolute Gasteiger partial charge is 0.176 e. The molecule has 0 aromatic carbocycles. The lowest BCUT2D eigenvalue weighted by atomic mass is 10.2. The Labute approximate surface area is 83.9 Å². The zero-order valence-corrected chi connectivity index (χ0v) is 8.96. The lowest BCUT2D eigenvalue weighted by molar-refractivity contribution is 0.0998. The van der Waals surface area contributed by atoms with Gasteiger partial charge in [0.05, 0.1) is 10.2 Å². The molecule has 0 N–H and O–H groups in total. The molecule has 0 spiro atoms. The third-order valence-corrected chi connectivity index (χ3v) is 3.03. The predicted octanol–water partition coefficient (Wildman–Crippen LogP) is 3.11. The molecule has 0 aliphatic heterocycles. The van der Waals surface area contributed by atoms with E-state index in [-0.39, 0.29) is 5.78 Å². The fraction of sp³-hybridized carbons (Fsp3) is 0.222. The second-order valence-electron chi connectivity index (χ2n) is 2.13. The summed E-state index contributed by atoms with van der Waals surface area (Å²) in [6, 6.07) is 1.81. The number of Topliss-reactive ketones (excluding diaryl/α,β-unsaturated/α-hetero) is 1. The van der Waals surface area contributed by atoms with E-state index in [4.69, 9.17) is 0 Å². The minimum atomic E-state index is 0.0810. The van der Waals surface area contributed by atoms with E-state index in [0.29, 0.717) is 6.42 Å². The van der Waals surface area contributed by atoms with Gasteiger partial charge in [0.2, 0.25) is 0 Å². The van der Waals surface area contributed by atoms with Gasteiger partial charge in [0.1, 0.15) is 0 Å². The zero-order chi connectivity index (χ0) is 8.97. The Morgan fingerprint density at radius 2 is 2.50 bits per heavy atom. The van der Waals surface area contributed by atoms with Crippen LogP contribution in [0.15, 0.2) is 15.2 Å². The standard InChI is InChI=1S/C9H7BrOS/c1-2-3-4-8(11)7-5-6-12-9(7)10/h5-6H,4H2,1H3. The van der Waals surface area contributed by atoms with E-state index in [0.717, 1.165) is 9.35 Å². The van der Waals surface area contributed by atoms with Crippen LogP contribution >= 0.6 is 27.3 Å². The molecule has 62 valence electrons. The van der Waals surface area contributed by atoms with Gasteiger partial charge in [0.15, 0.2) is 5.78 Å². The van der Waals surface area contributed by atoms with Gasteiger partial charge >= 0.3 is 0 Å². The molecule has 0 atom stereocenters. The number of carbonyl (C=O) groups is 1. The fourth-order valence-corrected chi connectivity index (χ4v) is 2.07. The van der Waals surface area contributed by atoms with Crippen molar-refractivity contribution in [2.24, 2.45) is 0 Å². The summed E-state index contributed by atoms with van der Waals surface area (Å²) in [5.74, 6) is 5.53. The summed E-state index contributed by atoms with van der Waals surface area (Å²) in [6.07, 6.45) is 0.311. The topological polar surface area (TPSA) is 17.1 Å². The molecule has 3 heteroatoms. The lowest BCUT2D eigenvalue weighted by Gasteiger charge is -1.91. The summed E-state index contributed by atoms with van der Waals surface area (Å²) < 4.78 is 0.894. The van der Waals surface area contributed by atoms with Crippen LogP contribution in [0.25, 0.3) is 0 Å². The van der Waals surface area contributed by atoms with Crippen LogP contribution in [-0.2, 0) is 0 Å². The Morgan fingerprint density at radius 1 is 1.75 bits per heavy atom. The van der Waals surface area contributed by atoms with Crippen molar-refractivity contribution in [3.05, 3.63) is 20.8 Å². The molecule has 1 heterocycles. The average Bonchev–Trinajstić information content (AvgIpc) is 2.47. The first-order valence-electron chi connectivity index (χ1n) is 3.41. The Bertz CT molecular complexity index is 343. The first-order chi connectivity index (χ1) is 5.75. The third-order valence-electron chi connectivity index (χ3n) is 1.34. The van der Waals surface area contributed by atoms with Crippen molar-refractivity contribution in [1.82, 2.24) is 0 Å². The summed E-state index contributed by atoms with van der Waals surface area (Å²) in [5.41, 5.74) is 0.739. The van der Waals surface area contributed by atoms with Gasteiger partial charge in [-0.1, -0.05) is 5.92 Å². The van der Waals surface area contributed by atoms with Crippen LogP contribution in [0.2, 0.25) is 0 Å². The number of carbonyl (C=O) groups excluding carboxylic acids is 1. The molecule has 1 rings (SSSR count). The summed E-state index contributed by atoms with van der Waals surface area (Å²) in [7, 11) is 0. The zero-order valence-electron chi connectivity index (χ0n) is 6.56. The Kier molecular flexibility index (Phi) is 3.51. The highest BCUT2D eigenvalue weighted by Crippen LogP contribution is 2.24. The summed E-state index contributed by atoms with van der Waals surface area (Å²) >= 11 is 4.82. The van der Waals surface area contributed by atoms with Gasteiger partial charge in [0.25, 0.3) is 0 Å². The Hall–Kier alpha value is -0.590. The molecule has 0 bridgehead atoms. The number of hydrogen-bond acceptors (Lipinski definition) is 2. The first-order valence-corrected chi connectivity index (χ1v) is 5.08. The van der Waals surface area contributed by atoms with Crippen molar-refractivity contribution in [3.8, 4) is 11.8 Å². The first kappa shape index (κ1) is 9.50. The molecule has 1 aromatic heterocycles. The third kappa shape index (κ3) is 2.20. The SMILES string of the molecule is CC#CCC(=O)c1ccsc1Br. The highest BCUT2D eigenvalue weighted by Gasteiger charge is 2.08. The average molecular weight is 243 g/mol. The maximum Gasteiger partial charge on any atom is 0.176 e. The maximum absolute atomic E-state index is 11.4. The molecule has 1 nitrogen and oxygen atoms in total. The lowest BCUT2D eigenvalue weighted by Crippen LogP contribution is -1.95. The monoisotopic (exact) mass is 242 g/mol. The molecule has 0 fully saturated rings. The second kappa shape index (κ2) is 4.44. The molecule has 0 aliphatic rings. The van der Waals surface area contributed by atoms with E-state index >= 15 is 0 Å². The van der Waals surface area contributed by atoms with Crippen LogP contribution in [-0.4, -0.2) is 5.78 Å². The van der Waals surface area contributed by atoms with Gasteiger partial charge < -0.3 is 0 Å². The number of hydrogen-bond donors (Lipinski definition) is 0. The second-order valence-corrected chi connectivity index (χ2v) is 4.37. The van der Waals surface area contributed by atoms with Crippen LogP contribution in [0, 0.1) is 11.8 Å². The molecule has 0 aliphatic carbocycles. The largest absolute Gasteiger partial charge is 0.293 e. The minimum absolute atomic E-state index is 0.0810. The molecule has 12 heavy (non-hydrogen) atoms. The molecule has 0 saturated heterocycles. The normalized spacial score (nSPS) is 8.83. The Morgan fingerprint density at radius 3 is 3.00 bits per heavy atom. The van der Waals surface area contributed by atoms with E-state index < -0.39 is 0 Å². The van der Waals surface area contributed by atoms with E-state index in [1.54, 1.807) is 6.92 Å². The van der Waals surface area contributed by atoms with Crippen LogP contribution in [0.3, 0.4) is 0 Å². The van der Waals surface area contributed by atoms with E-state index in [2.05, 4.69) is 27.8 Å². The van der Waals surface area contributed by atoms with Gasteiger partial charge in [-0.3, -0.25) is 4.79 Å². The molecule has 0 unspecified atom stereocenters. The van der Waals surface area contributed by atoms with Gasteiger partial charge in [0, 0.05) is 5.56 Å². The van der Waals surface area contributed by atoms with Crippen LogP contribution in [0.1, 0.15) is 23.7 Å². The van der Waals surface area contributed by atoms with Crippen molar-refractivity contribution < 1.29 is 4.79 Å². The number of halogens is 1. The van der Waals surface area contributed by atoms with Gasteiger partial charge in [-0.25, -0.2) is 0 Å². The Balaban J connectivity index is 2.76. The number of thiophene rings is 1. The minimum Gasteiger partial charge on any atom is -0.293 e. The van der Waals surface area contributed by atoms with Crippen LogP contribution < -0.4 is 0 Å². The van der Waals surface area contributed by atoms with Crippen molar-refractivity contribution >= 4 is 33.0 Å². The van der Waals surface area contributed by atoms with Crippen molar-refractivity contribution in [1.29, 1.82) is 0 Å². The van der Waals surface area contributed by atoms with Crippen molar-refractivity contribution in [2.45, 2.75) is 13.3 Å². The predicted molar refractivity (Wildman–Crippen MR) is 54.4 cm³/mol. The number of rotatable bonds is 2. The van der Waals surface area contributed by atoms with Crippen molar-refractivity contribution in [2.75, 3.05) is 0 Å². The van der Waals surface area contributed by atoms with Crippen molar-refractivity contribution in [3.63, 3.8) is 0 Å². The van der Waals surface area contributed by atoms with Crippen LogP contribution in [0.4, 0.5) is 0 Å². The van der Waals surface area contributed by atoms with E-state index in [1.807, 2.05) is 11.4 Å². The van der Waals surface area contributed by atoms with Crippen LogP contribution in [0.5, 0.6) is 0 Å². The van der Waals surface area contributed by atoms with Gasteiger partial charge in [-0.05, 0) is 34.3 Å². The molecule has 0 amide bonds. The molecule has 0 saturated carbocycles. The highest BCUT2D eigenvalue weighted by molar-refractivity contribution is 9.11. The van der Waals surface area contributed by atoms with E-state index in [9.17, 15) is 4.79 Å². The molecular weight excluding hydrogens is 236 g/mol. The summed E-state index contributed by atoms with van der Waals surface area (Å²) in [6.45, 7) is 1.73. The van der Waals surface area contributed by atoms with E-state index in [1.165, 1.54) is 11.3 Å². The highest BCUT2D eigenvalue weighted by atomic mass is 79.9. The molecule has 1 aromatic rings. The fourth-order valence-electron chi connectivity index (χ4n) is 0.757. The summed E-state index contributed by atoms with van der Waals surface area (Å²) in [4.78, 5) is 11.4. The van der Waals surface area contributed by atoms with Gasteiger partial charge in [-0.15, -0.1) is 17.3 Å². The quantitative estimate of drug-likeness (QED) is 0.576. The maximum atomic E-state index is 11.4. The molecular formula is C9H7BrOS. The van der Waals surface area contributed by atoms with Gasteiger partial charge in [-0.2, -0.15) is 0 Å².